The predicted octanol–water partition coefficient (Wildman–Crippen LogP) is 4.62. The van der Waals surface area contributed by atoms with Gasteiger partial charge in [0.2, 0.25) is 0 Å². The molecule has 0 bridgehead atoms. The van der Waals surface area contributed by atoms with E-state index in [0.29, 0.717) is 28.3 Å². The van der Waals surface area contributed by atoms with Crippen LogP contribution in [0.15, 0.2) is 53.3 Å². The standard InChI is InChI=1S/C18H17BrFN5/c1-11-2-4-12(5-3-11)9-22-17-16(21)18(24-10-23-17)25-15-7-6-13(19)8-14(15)20/h2-8,10H,9,21H2,1H3,(H2,22,23,24,25). The molecule has 0 fully saturated rings. The summed E-state index contributed by atoms with van der Waals surface area (Å²) in [6.45, 7) is 2.62. The van der Waals surface area contributed by atoms with Crippen LogP contribution in [0.5, 0.6) is 0 Å². The largest absolute Gasteiger partial charge is 0.393 e. The molecule has 25 heavy (non-hydrogen) atoms. The minimum atomic E-state index is -0.401. The smallest absolute Gasteiger partial charge is 0.159 e. The lowest BCUT2D eigenvalue weighted by Crippen LogP contribution is -2.08. The van der Waals surface area contributed by atoms with Gasteiger partial charge in [0.05, 0.1) is 5.69 Å². The third-order valence-electron chi connectivity index (χ3n) is 3.65. The van der Waals surface area contributed by atoms with Crippen LogP contribution in [-0.2, 0) is 6.54 Å². The maximum absolute atomic E-state index is 14.0. The van der Waals surface area contributed by atoms with E-state index in [1.807, 2.05) is 31.2 Å². The molecule has 0 saturated carbocycles. The first-order valence-electron chi connectivity index (χ1n) is 7.65. The second-order valence-electron chi connectivity index (χ2n) is 5.57. The second kappa shape index (κ2) is 7.48. The quantitative estimate of drug-likeness (QED) is 0.581. The van der Waals surface area contributed by atoms with E-state index < -0.39 is 5.82 Å². The molecular formula is C18H17BrFN5. The normalized spacial score (nSPS) is 10.5. The average Bonchev–Trinajstić information content (AvgIpc) is 2.59. The Morgan fingerprint density at radius 2 is 1.80 bits per heavy atom. The summed E-state index contributed by atoms with van der Waals surface area (Å²) >= 11 is 3.23. The molecule has 4 N–H and O–H groups in total. The van der Waals surface area contributed by atoms with Crippen LogP contribution < -0.4 is 16.4 Å². The van der Waals surface area contributed by atoms with E-state index in [1.165, 1.54) is 18.0 Å². The molecule has 1 aromatic heterocycles. The van der Waals surface area contributed by atoms with Crippen molar-refractivity contribution >= 4 is 38.9 Å². The SMILES string of the molecule is Cc1ccc(CNc2ncnc(Nc3ccc(Br)cc3F)c2N)cc1. The molecule has 0 aliphatic carbocycles. The lowest BCUT2D eigenvalue weighted by atomic mass is 10.1. The van der Waals surface area contributed by atoms with E-state index in [0.717, 1.165) is 5.56 Å². The molecule has 0 saturated heterocycles. The Morgan fingerprint density at radius 1 is 1.08 bits per heavy atom. The Hall–Kier alpha value is -2.67. The van der Waals surface area contributed by atoms with Crippen LogP contribution in [0.3, 0.4) is 0 Å². The summed E-state index contributed by atoms with van der Waals surface area (Å²) in [6, 6.07) is 12.9. The Kier molecular flexibility index (Phi) is 5.14. The number of halogens is 2. The number of nitrogens with one attached hydrogen (secondary N) is 2. The van der Waals surface area contributed by atoms with Gasteiger partial charge in [-0.15, -0.1) is 0 Å². The number of hydrogen-bond donors (Lipinski definition) is 3. The summed E-state index contributed by atoms with van der Waals surface area (Å²) in [6.07, 6.45) is 1.38. The van der Waals surface area contributed by atoms with Gasteiger partial charge in [-0.25, -0.2) is 14.4 Å². The van der Waals surface area contributed by atoms with Crippen molar-refractivity contribution in [3.8, 4) is 0 Å². The second-order valence-corrected chi connectivity index (χ2v) is 6.49. The molecule has 0 spiro atoms. The fourth-order valence-corrected chi connectivity index (χ4v) is 2.58. The summed E-state index contributed by atoms with van der Waals surface area (Å²) in [5.41, 5.74) is 9.05. The van der Waals surface area contributed by atoms with Crippen LogP contribution in [-0.4, -0.2) is 9.97 Å². The van der Waals surface area contributed by atoms with Crippen LogP contribution in [0, 0.1) is 12.7 Å². The minimum absolute atomic E-state index is 0.290. The third kappa shape index (κ3) is 4.24. The number of rotatable bonds is 5. The van der Waals surface area contributed by atoms with Crippen molar-refractivity contribution in [1.82, 2.24) is 9.97 Å². The van der Waals surface area contributed by atoms with Crippen molar-refractivity contribution in [2.45, 2.75) is 13.5 Å². The van der Waals surface area contributed by atoms with Gasteiger partial charge in [-0.3, -0.25) is 0 Å². The van der Waals surface area contributed by atoms with Crippen molar-refractivity contribution in [1.29, 1.82) is 0 Å². The van der Waals surface area contributed by atoms with Crippen molar-refractivity contribution in [3.63, 3.8) is 0 Å². The Morgan fingerprint density at radius 3 is 2.52 bits per heavy atom. The Balaban J connectivity index is 1.76. The minimum Gasteiger partial charge on any atom is -0.393 e. The van der Waals surface area contributed by atoms with Crippen LogP contribution >= 0.6 is 15.9 Å². The number of aryl methyl sites for hydroxylation is 1. The summed E-state index contributed by atoms with van der Waals surface area (Å²) in [5, 5.41) is 6.08. The van der Waals surface area contributed by atoms with E-state index >= 15 is 0 Å². The van der Waals surface area contributed by atoms with Gasteiger partial charge in [0.15, 0.2) is 11.6 Å². The highest BCUT2D eigenvalue weighted by molar-refractivity contribution is 9.10. The van der Waals surface area contributed by atoms with E-state index in [4.69, 9.17) is 5.73 Å². The van der Waals surface area contributed by atoms with Crippen molar-refractivity contribution < 1.29 is 4.39 Å². The Bertz CT molecular complexity index is 883. The zero-order valence-corrected chi connectivity index (χ0v) is 15.1. The number of anilines is 4. The number of aromatic nitrogens is 2. The topological polar surface area (TPSA) is 75.9 Å². The van der Waals surface area contributed by atoms with E-state index in [1.54, 1.807) is 12.1 Å². The molecule has 1 heterocycles. The summed E-state index contributed by atoms with van der Waals surface area (Å²) in [7, 11) is 0. The lowest BCUT2D eigenvalue weighted by molar-refractivity contribution is 0.631. The molecule has 0 aliphatic rings. The van der Waals surface area contributed by atoms with Gasteiger partial charge in [-0.1, -0.05) is 45.8 Å². The molecule has 7 heteroatoms. The van der Waals surface area contributed by atoms with Crippen LogP contribution in [0.25, 0.3) is 0 Å². The number of nitrogens with two attached hydrogens (primary N) is 1. The molecule has 0 unspecified atom stereocenters. The molecule has 128 valence electrons. The highest BCUT2D eigenvalue weighted by Crippen LogP contribution is 2.28. The highest BCUT2D eigenvalue weighted by atomic mass is 79.9. The van der Waals surface area contributed by atoms with Gasteiger partial charge in [0, 0.05) is 11.0 Å². The first kappa shape index (κ1) is 17.2. The molecule has 0 radical (unpaired) electrons. The summed E-state index contributed by atoms with van der Waals surface area (Å²) in [5.74, 6) is 0.444. The molecule has 2 aromatic carbocycles. The lowest BCUT2D eigenvalue weighted by Gasteiger charge is -2.13. The number of nitrogens with zero attached hydrogens (tertiary/aromatic N) is 2. The van der Waals surface area contributed by atoms with E-state index in [-0.39, 0.29) is 5.69 Å². The molecule has 0 amide bonds. The highest BCUT2D eigenvalue weighted by Gasteiger charge is 2.10. The number of benzene rings is 2. The van der Waals surface area contributed by atoms with Crippen molar-refractivity contribution in [2.75, 3.05) is 16.4 Å². The Labute approximate surface area is 153 Å². The van der Waals surface area contributed by atoms with Gasteiger partial charge in [0.1, 0.15) is 17.8 Å². The van der Waals surface area contributed by atoms with Gasteiger partial charge < -0.3 is 16.4 Å². The number of hydrogen-bond acceptors (Lipinski definition) is 5. The van der Waals surface area contributed by atoms with Crippen LogP contribution in [0.1, 0.15) is 11.1 Å². The predicted molar refractivity (Wildman–Crippen MR) is 102 cm³/mol. The monoisotopic (exact) mass is 401 g/mol. The molecular weight excluding hydrogens is 385 g/mol. The summed E-state index contributed by atoms with van der Waals surface area (Å²) in [4.78, 5) is 8.26. The van der Waals surface area contributed by atoms with Gasteiger partial charge in [0.25, 0.3) is 0 Å². The fraction of sp³-hybridized carbons (Fsp3) is 0.111. The van der Waals surface area contributed by atoms with Gasteiger partial charge in [-0.05, 0) is 30.7 Å². The van der Waals surface area contributed by atoms with E-state index in [9.17, 15) is 4.39 Å². The third-order valence-corrected chi connectivity index (χ3v) is 4.14. The maximum Gasteiger partial charge on any atom is 0.159 e. The molecule has 3 aromatic rings. The van der Waals surface area contributed by atoms with E-state index in [2.05, 4.69) is 36.5 Å². The first-order chi connectivity index (χ1) is 12.0. The van der Waals surface area contributed by atoms with Crippen molar-refractivity contribution in [2.24, 2.45) is 0 Å². The maximum atomic E-state index is 14.0. The fourth-order valence-electron chi connectivity index (χ4n) is 2.25. The number of nitrogen functional groups attached to an aromatic ring is 1. The van der Waals surface area contributed by atoms with Crippen LogP contribution in [0.4, 0.5) is 27.4 Å². The van der Waals surface area contributed by atoms with Crippen LogP contribution in [0.2, 0.25) is 0 Å². The average molecular weight is 402 g/mol. The van der Waals surface area contributed by atoms with Crippen molar-refractivity contribution in [3.05, 3.63) is 70.2 Å². The molecule has 5 nitrogen and oxygen atoms in total. The molecule has 3 rings (SSSR count). The van der Waals surface area contributed by atoms with Gasteiger partial charge >= 0.3 is 0 Å². The summed E-state index contributed by atoms with van der Waals surface area (Å²) < 4.78 is 14.6. The molecule has 0 atom stereocenters. The van der Waals surface area contributed by atoms with Gasteiger partial charge in [-0.2, -0.15) is 0 Å². The zero-order valence-electron chi connectivity index (χ0n) is 13.6. The zero-order chi connectivity index (χ0) is 17.8. The molecule has 0 aliphatic heterocycles. The first-order valence-corrected chi connectivity index (χ1v) is 8.44.